The van der Waals surface area contributed by atoms with Crippen molar-refractivity contribution in [3.8, 4) is 0 Å². The first-order chi connectivity index (χ1) is 17.5. The van der Waals surface area contributed by atoms with Crippen LogP contribution in [0.2, 0.25) is 5.04 Å². The predicted octanol–water partition coefficient (Wildman–Crippen LogP) is 2.95. The fraction of sp³-hybridized carbons (Fsp3) is 0.448. The number of nitrogens with one attached hydrogen (secondary N) is 1. The van der Waals surface area contributed by atoms with Gasteiger partial charge in [0.05, 0.1) is 11.6 Å². The number of H-pyrrole nitrogens is 1. The van der Waals surface area contributed by atoms with Crippen molar-refractivity contribution in [3.05, 3.63) is 93.8 Å². The molecular weight excluding hydrogens is 484 g/mol. The lowest BCUT2D eigenvalue weighted by molar-refractivity contribution is -0.166. The van der Waals surface area contributed by atoms with Gasteiger partial charge in [-0.2, -0.15) is 0 Å². The van der Waals surface area contributed by atoms with Gasteiger partial charge in [-0.15, -0.1) is 0 Å². The van der Waals surface area contributed by atoms with Crippen LogP contribution in [0.25, 0.3) is 0 Å². The lowest BCUT2D eigenvalue weighted by atomic mass is 10.1. The zero-order valence-electron chi connectivity index (χ0n) is 21.9. The molecule has 37 heavy (non-hydrogen) atoms. The molecule has 3 aromatic rings. The van der Waals surface area contributed by atoms with Crippen LogP contribution in [0.1, 0.15) is 47.1 Å². The molecule has 3 aliphatic rings. The van der Waals surface area contributed by atoms with Gasteiger partial charge in [0.25, 0.3) is 13.9 Å². The molecule has 2 heterocycles. The molecule has 0 radical (unpaired) electrons. The first kappa shape index (κ1) is 24.5. The zero-order valence-corrected chi connectivity index (χ0v) is 22.9. The third kappa shape index (κ3) is 3.65. The number of nitrogens with zero attached hydrogens (tertiary/aromatic N) is 1. The summed E-state index contributed by atoms with van der Waals surface area (Å²) in [6, 6.07) is 22.2. The highest BCUT2D eigenvalue weighted by molar-refractivity contribution is 6.99. The summed E-state index contributed by atoms with van der Waals surface area (Å²) in [5.74, 6) is -0.793. The normalized spacial score (nSPS) is 30.1. The number of aromatic nitrogens is 2. The van der Waals surface area contributed by atoms with Crippen molar-refractivity contribution in [1.82, 2.24) is 9.55 Å². The van der Waals surface area contributed by atoms with Gasteiger partial charge in [-0.3, -0.25) is 14.3 Å². The molecule has 2 saturated carbocycles. The maximum atomic E-state index is 12.9. The Labute approximate surface area is 217 Å². The van der Waals surface area contributed by atoms with Crippen molar-refractivity contribution in [3.63, 3.8) is 0 Å². The summed E-state index contributed by atoms with van der Waals surface area (Å²) in [7, 11) is -2.89. The number of benzene rings is 2. The van der Waals surface area contributed by atoms with Crippen molar-refractivity contribution < 1.29 is 13.9 Å². The van der Waals surface area contributed by atoms with Crippen LogP contribution in [-0.4, -0.2) is 41.5 Å². The molecule has 0 unspecified atom stereocenters. The minimum atomic E-state index is -2.89. The molecule has 0 spiro atoms. The Morgan fingerprint density at radius 1 is 0.946 bits per heavy atom. The third-order valence-electron chi connectivity index (χ3n) is 8.30. The number of ether oxygens (including phenoxy) is 2. The van der Waals surface area contributed by atoms with E-state index in [0.717, 1.165) is 6.42 Å². The van der Waals surface area contributed by atoms with Crippen LogP contribution in [0.3, 0.4) is 0 Å². The quantitative estimate of drug-likeness (QED) is 0.525. The topological polar surface area (TPSA) is 82.6 Å². The van der Waals surface area contributed by atoms with Crippen LogP contribution < -0.4 is 21.6 Å². The van der Waals surface area contributed by atoms with Crippen molar-refractivity contribution >= 4 is 18.7 Å². The van der Waals surface area contributed by atoms with Gasteiger partial charge in [0.2, 0.25) is 0 Å². The van der Waals surface area contributed by atoms with Gasteiger partial charge in [-0.05, 0) is 35.7 Å². The van der Waals surface area contributed by atoms with E-state index in [4.69, 9.17) is 13.9 Å². The summed E-state index contributed by atoms with van der Waals surface area (Å²) < 4.78 is 22.3. The Balaban J connectivity index is 1.52. The van der Waals surface area contributed by atoms with Crippen LogP contribution in [0, 0.1) is 5.92 Å². The highest BCUT2D eigenvalue weighted by Crippen LogP contribution is 2.68. The molecule has 3 fully saturated rings. The largest absolute Gasteiger partial charge is 0.399 e. The maximum Gasteiger partial charge on any atom is 0.328 e. The Hall–Kier alpha value is -2.78. The minimum absolute atomic E-state index is 0.0175. The number of hydrogen-bond acceptors (Lipinski definition) is 5. The lowest BCUT2D eigenvalue weighted by Crippen LogP contribution is -2.69. The van der Waals surface area contributed by atoms with Gasteiger partial charge >= 0.3 is 5.69 Å². The average Bonchev–Trinajstić information content (AvgIpc) is 3.38. The van der Waals surface area contributed by atoms with Crippen molar-refractivity contribution in [2.75, 3.05) is 0 Å². The molecule has 1 aromatic heterocycles. The van der Waals surface area contributed by atoms with Gasteiger partial charge in [0, 0.05) is 18.2 Å². The van der Waals surface area contributed by atoms with E-state index >= 15 is 0 Å². The van der Waals surface area contributed by atoms with Gasteiger partial charge in [-0.1, -0.05) is 81.4 Å². The standard InChI is InChI=1S/C29H34N2O5Si/c1-27(2,3)37(19-12-8-6-9-13-19,20-14-10-7-11-15-20)36-29-18-21(29)23(24-25(29)35-28(4,5)34-24)31-17-16-22(32)30-26(31)33/h6-17,21,23-25H,18H2,1-5H3,(H,30,32,33)/t21-,23-,24+,25+,29+/m1/s1. The van der Waals surface area contributed by atoms with Crippen molar-refractivity contribution in [2.24, 2.45) is 5.92 Å². The molecule has 194 valence electrons. The maximum absolute atomic E-state index is 12.9. The van der Waals surface area contributed by atoms with Crippen LogP contribution in [0.4, 0.5) is 0 Å². The summed E-state index contributed by atoms with van der Waals surface area (Å²) in [5, 5.41) is 2.20. The van der Waals surface area contributed by atoms with E-state index in [2.05, 4.69) is 74.3 Å². The van der Waals surface area contributed by atoms with Gasteiger partial charge in [0.1, 0.15) is 12.2 Å². The molecule has 5 atom stereocenters. The molecule has 1 N–H and O–H groups in total. The number of rotatable bonds is 5. The zero-order chi connectivity index (χ0) is 26.2. The van der Waals surface area contributed by atoms with E-state index in [9.17, 15) is 9.59 Å². The Morgan fingerprint density at radius 3 is 2.08 bits per heavy atom. The predicted molar refractivity (Wildman–Crippen MR) is 144 cm³/mol. The molecule has 0 amide bonds. The first-order valence-corrected chi connectivity index (χ1v) is 14.9. The highest BCUT2D eigenvalue weighted by atomic mass is 28.4. The summed E-state index contributed by atoms with van der Waals surface area (Å²) in [6.07, 6.45) is 1.64. The van der Waals surface area contributed by atoms with Gasteiger partial charge in [-0.25, -0.2) is 4.79 Å². The van der Waals surface area contributed by atoms with Gasteiger partial charge in [0.15, 0.2) is 5.79 Å². The van der Waals surface area contributed by atoms with Crippen LogP contribution in [0.15, 0.2) is 82.5 Å². The Bertz CT molecular complexity index is 1390. The Kier molecular flexibility index (Phi) is 5.38. The van der Waals surface area contributed by atoms with E-state index in [0.29, 0.717) is 0 Å². The SMILES string of the molecule is CC1(C)O[C@H]2[C@H](n3ccc(=O)[nH]c3=O)[C@H]3C[C@@]3(O[Si](c3ccccc3)(c3ccccc3)C(C)(C)C)[C@H]2O1. The molecule has 1 aliphatic heterocycles. The summed E-state index contributed by atoms with van der Waals surface area (Å²) in [5.41, 5.74) is -1.45. The van der Waals surface area contributed by atoms with Crippen molar-refractivity contribution in [1.29, 1.82) is 0 Å². The molecule has 2 aromatic carbocycles. The molecule has 0 bridgehead atoms. The number of fused-ring (bicyclic) bond motifs is 3. The summed E-state index contributed by atoms with van der Waals surface area (Å²) in [6.45, 7) is 10.6. The highest BCUT2D eigenvalue weighted by Gasteiger charge is 2.79. The molecule has 1 saturated heterocycles. The third-order valence-corrected chi connectivity index (χ3v) is 13.4. The fourth-order valence-corrected chi connectivity index (χ4v) is 11.6. The second kappa shape index (κ2) is 8.11. The van der Waals surface area contributed by atoms with E-state index < -0.39 is 31.0 Å². The monoisotopic (exact) mass is 518 g/mol. The number of hydrogen-bond donors (Lipinski definition) is 1. The smallest absolute Gasteiger partial charge is 0.328 e. The van der Waals surface area contributed by atoms with Gasteiger partial charge < -0.3 is 13.9 Å². The molecule has 2 aliphatic carbocycles. The van der Waals surface area contributed by atoms with Crippen LogP contribution in [0.5, 0.6) is 0 Å². The molecule has 7 nitrogen and oxygen atoms in total. The average molecular weight is 519 g/mol. The van der Waals surface area contributed by atoms with Crippen LogP contribution in [-0.2, 0) is 13.9 Å². The van der Waals surface area contributed by atoms with E-state index in [1.165, 1.54) is 16.4 Å². The molecule has 8 heteroatoms. The summed E-state index contributed by atoms with van der Waals surface area (Å²) in [4.78, 5) is 27.1. The van der Waals surface area contributed by atoms with E-state index in [1.54, 1.807) is 10.8 Å². The minimum Gasteiger partial charge on any atom is -0.399 e. The molecular formula is C29H34N2O5Si. The summed E-state index contributed by atoms with van der Waals surface area (Å²) >= 11 is 0. The van der Waals surface area contributed by atoms with E-state index in [1.807, 2.05) is 26.0 Å². The Morgan fingerprint density at radius 2 is 1.54 bits per heavy atom. The second-order valence-corrected chi connectivity index (χ2v) is 16.3. The fourth-order valence-electron chi connectivity index (χ4n) is 6.79. The number of aromatic amines is 1. The first-order valence-electron chi connectivity index (χ1n) is 13.0. The molecule has 6 rings (SSSR count). The lowest BCUT2D eigenvalue weighted by Gasteiger charge is -2.46. The second-order valence-electron chi connectivity index (χ2n) is 12.1. The van der Waals surface area contributed by atoms with Crippen molar-refractivity contribution in [2.45, 2.75) is 75.7 Å². The van der Waals surface area contributed by atoms with E-state index in [-0.39, 0.29) is 29.2 Å². The van der Waals surface area contributed by atoms with Crippen LogP contribution >= 0.6 is 0 Å².